The lowest BCUT2D eigenvalue weighted by Crippen LogP contribution is -2.43. The number of nitrogens with zero attached hydrogens (tertiary/aromatic N) is 1. The van der Waals surface area contributed by atoms with Gasteiger partial charge in [0.05, 0.1) is 17.6 Å². The minimum atomic E-state index is -4.54. The van der Waals surface area contributed by atoms with Gasteiger partial charge in [0.1, 0.15) is 5.75 Å². The average molecular weight is 424 g/mol. The lowest BCUT2D eigenvalue weighted by molar-refractivity contribution is -0.137. The molecule has 0 aromatic heterocycles. The van der Waals surface area contributed by atoms with Crippen molar-refractivity contribution in [2.75, 3.05) is 7.11 Å². The molecule has 1 unspecified atom stereocenters. The molecule has 1 aliphatic heterocycles. The molecule has 0 aliphatic carbocycles. The summed E-state index contributed by atoms with van der Waals surface area (Å²) in [4.78, 5) is 16.7. The number of aliphatic imine (C=N–C) groups is 1. The van der Waals surface area contributed by atoms with Crippen molar-refractivity contribution in [3.05, 3.63) is 71.8 Å². The largest absolute Gasteiger partial charge is 0.497 e. The Bertz CT molecular complexity index is 1060. The van der Waals surface area contributed by atoms with Gasteiger partial charge < -0.3 is 4.74 Å². The van der Waals surface area contributed by atoms with E-state index in [1.165, 1.54) is 49.7 Å². The molecular formula is C19H15F3N2O4S. The van der Waals surface area contributed by atoms with Gasteiger partial charge in [-0.1, -0.05) is 12.1 Å². The highest BCUT2D eigenvalue weighted by molar-refractivity contribution is 7.90. The van der Waals surface area contributed by atoms with Gasteiger partial charge in [0.15, 0.2) is 5.54 Å². The summed E-state index contributed by atoms with van der Waals surface area (Å²) in [5.41, 5.74) is -2.59. The predicted molar refractivity (Wildman–Crippen MR) is 99.1 cm³/mol. The Morgan fingerprint density at radius 3 is 2.17 bits per heavy atom. The SMILES string of the molecule is COc1ccc(S(=O)(=O)NC(=O)C2(c3ccc(C(F)(F)F)cc3)C=CC=N2)cc1. The van der Waals surface area contributed by atoms with Crippen LogP contribution < -0.4 is 9.46 Å². The van der Waals surface area contributed by atoms with E-state index in [0.717, 1.165) is 24.3 Å². The summed E-state index contributed by atoms with van der Waals surface area (Å²) in [5, 5.41) is 0. The van der Waals surface area contributed by atoms with Crippen molar-refractivity contribution in [2.45, 2.75) is 16.6 Å². The second-order valence-corrected chi connectivity index (χ2v) is 7.77. The third kappa shape index (κ3) is 4.02. The van der Waals surface area contributed by atoms with Gasteiger partial charge in [0.25, 0.3) is 15.9 Å². The summed E-state index contributed by atoms with van der Waals surface area (Å²) >= 11 is 0. The van der Waals surface area contributed by atoms with Crippen LogP contribution in [0.2, 0.25) is 0 Å². The fourth-order valence-electron chi connectivity index (χ4n) is 2.75. The summed E-state index contributed by atoms with van der Waals surface area (Å²) in [6.07, 6.45) is -0.538. The molecule has 0 saturated carbocycles. The van der Waals surface area contributed by atoms with Gasteiger partial charge in [-0.05, 0) is 54.1 Å². The quantitative estimate of drug-likeness (QED) is 0.800. The summed E-state index contributed by atoms with van der Waals surface area (Å²) in [6, 6.07) is 9.15. The lowest BCUT2D eigenvalue weighted by atomic mass is 9.90. The number of halogens is 3. The van der Waals surface area contributed by atoms with Crippen LogP contribution in [0, 0.1) is 0 Å². The molecular weight excluding hydrogens is 409 g/mol. The first-order valence-electron chi connectivity index (χ1n) is 8.20. The van der Waals surface area contributed by atoms with Crippen LogP contribution in [0.15, 0.2) is 70.6 Å². The van der Waals surface area contributed by atoms with Crippen molar-refractivity contribution in [1.29, 1.82) is 0 Å². The zero-order chi connectivity index (χ0) is 21.3. The number of sulfonamides is 1. The van der Waals surface area contributed by atoms with Crippen molar-refractivity contribution in [2.24, 2.45) is 4.99 Å². The Balaban J connectivity index is 1.92. The van der Waals surface area contributed by atoms with Crippen LogP contribution in [-0.4, -0.2) is 27.6 Å². The van der Waals surface area contributed by atoms with Gasteiger partial charge in [0, 0.05) is 6.21 Å². The molecule has 1 amide bonds. The monoisotopic (exact) mass is 424 g/mol. The zero-order valence-electron chi connectivity index (χ0n) is 15.0. The van der Waals surface area contributed by atoms with E-state index >= 15 is 0 Å². The van der Waals surface area contributed by atoms with Gasteiger partial charge in [-0.15, -0.1) is 0 Å². The number of methoxy groups -OCH3 is 1. The molecule has 1 atom stereocenters. The summed E-state index contributed by atoms with van der Waals surface area (Å²) in [7, 11) is -2.82. The number of amides is 1. The van der Waals surface area contributed by atoms with E-state index in [4.69, 9.17) is 4.74 Å². The lowest BCUT2D eigenvalue weighted by Gasteiger charge is -2.24. The first-order chi connectivity index (χ1) is 13.6. The van der Waals surface area contributed by atoms with Crippen molar-refractivity contribution < 1.29 is 31.1 Å². The molecule has 1 N–H and O–H groups in total. The van der Waals surface area contributed by atoms with E-state index in [-0.39, 0.29) is 10.5 Å². The molecule has 0 radical (unpaired) electrons. The molecule has 0 fully saturated rings. The van der Waals surface area contributed by atoms with Crippen molar-refractivity contribution in [1.82, 2.24) is 4.72 Å². The maximum atomic E-state index is 12.9. The van der Waals surface area contributed by atoms with E-state index in [0.29, 0.717) is 5.75 Å². The maximum Gasteiger partial charge on any atom is 0.416 e. The number of nitrogens with one attached hydrogen (secondary N) is 1. The number of hydrogen-bond acceptors (Lipinski definition) is 5. The molecule has 1 aliphatic rings. The molecule has 29 heavy (non-hydrogen) atoms. The number of carbonyl (C=O) groups is 1. The van der Waals surface area contributed by atoms with Gasteiger partial charge in [-0.25, -0.2) is 13.1 Å². The highest BCUT2D eigenvalue weighted by Gasteiger charge is 2.41. The van der Waals surface area contributed by atoms with Crippen LogP contribution in [0.25, 0.3) is 0 Å². The van der Waals surface area contributed by atoms with E-state index in [1.807, 2.05) is 4.72 Å². The number of carbonyl (C=O) groups excluding carboxylic acids is 1. The van der Waals surface area contributed by atoms with Crippen LogP contribution in [0.4, 0.5) is 13.2 Å². The third-order valence-electron chi connectivity index (χ3n) is 4.30. The third-order valence-corrected chi connectivity index (χ3v) is 5.64. The van der Waals surface area contributed by atoms with Gasteiger partial charge in [0.2, 0.25) is 0 Å². The molecule has 2 aromatic rings. The Labute approximate surface area is 164 Å². The molecule has 10 heteroatoms. The van der Waals surface area contributed by atoms with E-state index in [1.54, 1.807) is 0 Å². The normalized spacial score (nSPS) is 18.6. The van der Waals surface area contributed by atoms with Crippen molar-refractivity contribution >= 4 is 22.1 Å². The molecule has 152 valence electrons. The Morgan fingerprint density at radius 2 is 1.69 bits per heavy atom. The van der Waals surface area contributed by atoms with Crippen LogP contribution in [0.3, 0.4) is 0 Å². The Hall–Kier alpha value is -3.14. The second-order valence-electron chi connectivity index (χ2n) is 6.09. The van der Waals surface area contributed by atoms with Crippen LogP contribution >= 0.6 is 0 Å². The molecule has 0 saturated heterocycles. The summed E-state index contributed by atoms with van der Waals surface area (Å²) < 4.78 is 70.4. The summed E-state index contributed by atoms with van der Waals surface area (Å²) in [6.45, 7) is 0. The molecule has 0 spiro atoms. The minimum Gasteiger partial charge on any atom is -0.497 e. The molecule has 3 rings (SSSR count). The van der Waals surface area contributed by atoms with E-state index in [9.17, 15) is 26.4 Å². The van der Waals surface area contributed by atoms with E-state index < -0.39 is 33.2 Å². The number of alkyl halides is 3. The van der Waals surface area contributed by atoms with Crippen molar-refractivity contribution in [3.8, 4) is 5.75 Å². The van der Waals surface area contributed by atoms with Gasteiger partial charge >= 0.3 is 6.18 Å². The smallest absolute Gasteiger partial charge is 0.416 e. The highest BCUT2D eigenvalue weighted by atomic mass is 32.2. The number of hydrogen-bond donors (Lipinski definition) is 1. The molecule has 6 nitrogen and oxygen atoms in total. The molecule has 2 aromatic carbocycles. The standard InChI is InChI=1S/C19H15F3N2O4S/c1-28-15-7-9-16(10-8-15)29(26,27)24-17(25)18(11-2-12-23-18)13-3-5-14(6-4-13)19(20,21)22/h2-12H,1H3,(H,24,25). The van der Waals surface area contributed by atoms with E-state index in [2.05, 4.69) is 4.99 Å². The minimum absolute atomic E-state index is 0.0953. The fourth-order valence-corrected chi connectivity index (χ4v) is 3.76. The van der Waals surface area contributed by atoms with Gasteiger partial charge in [-0.3, -0.25) is 9.79 Å². The Kier molecular flexibility index (Phi) is 5.22. The maximum absolute atomic E-state index is 12.9. The summed E-state index contributed by atoms with van der Waals surface area (Å²) in [5.74, 6) is -0.585. The van der Waals surface area contributed by atoms with Crippen LogP contribution in [0.5, 0.6) is 5.75 Å². The number of benzene rings is 2. The van der Waals surface area contributed by atoms with Gasteiger partial charge in [-0.2, -0.15) is 13.2 Å². The number of allylic oxidation sites excluding steroid dienone is 1. The highest BCUT2D eigenvalue weighted by Crippen LogP contribution is 2.35. The predicted octanol–water partition coefficient (Wildman–Crippen LogP) is 3.06. The Morgan fingerprint density at radius 1 is 1.07 bits per heavy atom. The first-order valence-corrected chi connectivity index (χ1v) is 9.69. The number of rotatable bonds is 5. The molecule has 0 bridgehead atoms. The fraction of sp³-hybridized carbons (Fsp3) is 0.158. The second kappa shape index (κ2) is 7.36. The average Bonchev–Trinajstić information content (AvgIpc) is 3.18. The van der Waals surface area contributed by atoms with Crippen LogP contribution in [0.1, 0.15) is 11.1 Å². The topological polar surface area (TPSA) is 84.8 Å². The number of ether oxygens (including phenoxy) is 1. The first kappa shape index (κ1) is 20.6. The van der Waals surface area contributed by atoms with Crippen LogP contribution in [-0.2, 0) is 26.5 Å². The molecule has 1 heterocycles. The zero-order valence-corrected chi connectivity index (χ0v) is 15.8. The van der Waals surface area contributed by atoms with Crippen molar-refractivity contribution in [3.63, 3.8) is 0 Å².